The van der Waals surface area contributed by atoms with Crippen molar-refractivity contribution in [1.29, 1.82) is 0 Å². The lowest BCUT2D eigenvalue weighted by Gasteiger charge is -1.99. The van der Waals surface area contributed by atoms with Gasteiger partial charge in [0.2, 0.25) is 5.78 Å². The molecular weight excluding hydrogens is 183 g/mol. The normalized spacial score (nSPS) is 12.7. The molecule has 0 aromatic rings. The molecule has 0 aliphatic carbocycles. The number of alkyl halides is 1. The Morgan fingerprint density at radius 3 is 2.64 bits per heavy atom. The minimum Gasteiger partial charge on any atom is -0.504 e. The van der Waals surface area contributed by atoms with Crippen molar-refractivity contribution in [3.63, 3.8) is 0 Å². The van der Waals surface area contributed by atoms with E-state index in [1.807, 2.05) is 0 Å². The van der Waals surface area contributed by atoms with Gasteiger partial charge < -0.3 is 5.11 Å². The summed E-state index contributed by atoms with van der Waals surface area (Å²) in [7, 11) is 0. The Hall–Kier alpha value is -1.38. The quantitative estimate of drug-likeness (QED) is 0.405. The molecule has 0 aromatic heterocycles. The van der Waals surface area contributed by atoms with Gasteiger partial charge in [0.05, 0.1) is 6.67 Å². The third kappa shape index (κ3) is 4.60. The van der Waals surface area contributed by atoms with Gasteiger partial charge in [-0.2, -0.15) is 0 Å². The number of hydrogen-bond donors (Lipinski definition) is 1. The molecule has 0 rings (SSSR count). The maximum atomic E-state index is 11.9. The van der Waals surface area contributed by atoms with Crippen LogP contribution in [0.4, 0.5) is 4.39 Å². The smallest absolute Gasteiger partial charge is 0.219 e. The fraction of sp³-hybridized carbons (Fsp3) is 0.364. The zero-order chi connectivity index (χ0) is 11.0. The maximum absolute atomic E-state index is 11.9. The van der Waals surface area contributed by atoms with E-state index in [-0.39, 0.29) is 5.76 Å². The van der Waals surface area contributed by atoms with Crippen LogP contribution in [0.15, 0.2) is 36.1 Å². The number of aliphatic hydroxyl groups excluding tert-OH is 1. The zero-order valence-corrected chi connectivity index (χ0v) is 8.29. The highest BCUT2D eigenvalue weighted by Crippen LogP contribution is 2.09. The molecule has 0 bridgehead atoms. The number of hydrogen-bond acceptors (Lipinski definition) is 2. The summed E-state index contributed by atoms with van der Waals surface area (Å²) < 4.78 is 11.9. The molecule has 0 unspecified atom stereocenters. The van der Waals surface area contributed by atoms with Crippen molar-refractivity contribution in [2.24, 2.45) is 0 Å². The van der Waals surface area contributed by atoms with E-state index in [0.29, 0.717) is 12.8 Å². The molecule has 1 N–H and O–H groups in total. The summed E-state index contributed by atoms with van der Waals surface area (Å²) in [5.74, 6) is -0.878. The molecule has 78 valence electrons. The molecule has 0 amide bonds. The molecule has 0 aliphatic rings. The molecule has 0 radical (unpaired) electrons. The van der Waals surface area contributed by atoms with Crippen molar-refractivity contribution in [1.82, 2.24) is 0 Å². The molecule has 2 nitrogen and oxygen atoms in total. The maximum Gasteiger partial charge on any atom is 0.219 e. The SMILES string of the molecule is C=CC(=O)/C(O)=C\C(=C/C)CCCF. The third-order valence-electron chi connectivity index (χ3n) is 1.73. The lowest BCUT2D eigenvalue weighted by molar-refractivity contribution is -0.113. The highest BCUT2D eigenvalue weighted by atomic mass is 19.1. The van der Waals surface area contributed by atoms with E-state index in [0.717, 1.165) is 11.6 Å². The van der Waals surface area contributed by atoms with E-state index in [1.54, 1.807) is 13.0 Å². The molecular formula is C11H15FO2. The van der Waals surface area contributed by atoms with Crippen LogP contribution in [0.1, 0.15) is 19.8 Å². The van der Waals surface area contributed by atoms with Crippen molar-refractivity contribution < 1.29 is 14.3 Å². The second-order valence-corrected chi connectivity index (χ2v) is 2.75. The Balaban J connectivity index is 4.43. The minimum absolute atomic E-state index is 0.355. The Labute approximate surface area is 83.4 Å². The Kier molecular flexibility index (Phi) is 6.37. The van der Waals surface area contributed by atoms with Gasteiger partial charge >= 0.3 is 0 Å². The van der Waals surface area contributed by atoms with E-state index in [2.05, 4.69) is 6.58 Å². The van der Waals surface area contributed by atoms with Crippen LogP contribution in [0.2, 0.25) is 0 Å². The van der Waals surface area contributed by atoms with Gasteiger partial charge in [0.1, 0.15) is 0 Å². The summed E-state index contributed by atoms with van der Waals surface area (Å²) in [6, 6.07) is 0. The first-order valence-corrected chi connectivity index (χ1v) is 4.44. The highest BCUT2D eigenvalue weighted by molar-refractivity contribution is 6.01. The van der Waals surface area contributed by atoms with Crippen LogP contribution < -0.4 is 0 Å². The molecule has 0 aromatic carbocycles. The molecule has 0 fully saturated rings. The van der Waals surface area contributed by atoms with Crippen LogP contribution in [0, 0.1) is 0 Å². The van der Waals surface area contributed by atoms with E-state index >= 15 is 0 Å². The van der Waals surface area contributed by atoms with Gasteiger partial charge in [-0.3, -0.25) is 9.18 Å². The highest BCUT2D eigenvalue weighted by Gasteiger charge is 2.03. The predicted molar refractivity (Wildman–Crippen MR) is 54.9 cm³/mol. The predicted octanol–water partition coefficient (Wildman–Crippen LogP) is 2.88. The summed E-state index contributed by atoms with van der Waals surface area (Å²) in [5, 5.41) is 9.22. The van der Waals surface area contributed by atoms with Gasteiger partial charge in [-0.05, 0) is 37.5 Å². The monoisotopic (exact) mass is 198 g/mol. The number of carbonyl (C=O) groups excluding carboxylic acids is 1. The van der Waals surface area contributed by atoms with Gasteiger partial charge in [-0.15, -0.1) is 0 Å². The summed E-state index contributed by atoms with van der Waals surface area (Å²) in [4.78, 5) is 10.9. The lowest BCUT2D eigenvalue weighted by Crippen LogP contribution is -1.97. The zero-order valence-electron chi connectivity index (χ0n) is 8.29. The van der Waals surface area contributed by atoms with Crippen LogP contribution in [0.3, 0.4) is 0 Å². The van der Waals surface area contributed by atoms with E-state index in [9.17, 15) is 14.3 Å². The molecule has 0 saturated heterocycles. The fourth-order valence-corrected chi connectivity index (χ4v) is 0.922. The number of aliphatic hydroxyl groups is 1. The van der Waals surface area contributed by atoms with Gasteiger partial charge in [0.25, 0.3) is 0 Å². The van der Waals surface area contributed by atoms with Crippen molar-refractivity contribution in [2.75, 3.05) is 6.67 Å². The van der Waals surface area contributed by atoms with Crippen molar-refractivity contribution >= 4 is 5.78 Å². The van der Waals surface area contributed by atoms with Gasteiger partial charge in [0, 0.05) is 0 Å². The topological polar surface area (TPSA) is 37.3 Å². The van der Waals surface area contributed by atoms with Gasteiger partial charge in [-0.25, -0.2) is 0 Å². The van der Waals surface area contributed by atoms with Crippen LogP contribution in [-0.4, -0.2) is 17.6 Å². The molecule has 14 heavy (non-hydrogen) atoms. The number of rotatable bonds is 6. The summed E-state index contributed by atoms with van der Waals surface area (Å²) >= 11 is 0. The summed E-state index contributed by atoms with van der Waals surface area (Å²) in [6.45, 7) is 4.62. The summed E-state index contributed by atoms with van der Waals surface area (Å²) in [5.41, 5.74) is 0.746. The van der Waals surface area contributed by atoms with Crippen molar-refractivity contribution in [2.45, 2.75) is 19.8 Å². The van der Waals surface area contributed by atoms with Crippen molar-refractivity contribution in [3.05, 3.63) is 36.1 Å². The summed E-state index contributed by atoms with van der Waals surface area (Å²) in [6.07, 6.45) is 5.03. The average molecular weight is 198 g/mol. The van der Waals surface area contributed by atoms with Crippen LogP contribution in [-0.2, 0) is 4.79 Å². The third-order valence-corrected chi connectivity index (χ3v) is 1.73. The molecule has 0 spiro atoms. The largest absolute Gasteiger partial charge is 0.504 e. The van der Waals surface area contributed by atoms with Crippen LogP contribution in [0.5, 0.6) is 0 Å². The molecule has 0 atom stereocenters. The number of carbonyl (C=O) groups is 1. The second-order valence-electron chi connectivity index (χ2n) is 2.75. The standard InChI is InChI=1S/C11H15FO2/c1-3-9(6-5-7-12)8-11(14)10(13)4-2/h3-4,8,14H,2,5-7H2,1H3/b9-3-,11-8+. The average Bonchev–Trinajstić information content (AvgIpc) is 2.22. The van der Waals surface area contributed by atoms with Gasteiger partial charge in [0.15, 0.2) is 5.76 Å². The minimum atomic E-state index is -0.524. The Morgan fingerprint density at radius 2 is 2.21 bits per heavy atom. The first kappa shape index (κ1) is 12.6. The first-order chi connectivity index (χ1) is 6.65. The van der Waals surface area contributed by atoms with E-state index in [1.165, 1.54) is 6.08 Å². The second kappa shape index (κ2) is 7.06. The Bertz CT molecular complexity index is 264. The number of ketones is 1. The van der Waals surface area contributed by atoms with Crippen LogP contribution in [0.25, 0.3) is 0 Å². The lowest BCUT2D eigenvalue weighted by atomic mass is 10.1. The van der Waals surface area contributed by atoms with E-state index in [4.69, 9.17) is 0 Å². The van der Waals surface area contributed by atoms with Crippen LogP contribution >= 0.6 is 0 Å². The molecule has 0 aliphatic heterocycles. The Morgan fingerprint density at radius 1 is 1.57 bits per heavy atom. The van der Waals surface area contributed by atoms with E-state index < -0.39 is 12.5 Å². The van der Waals surface area contributed by atoms with Crippen molar-refractivity contribution in [3.8, 4) is 0 Å². The molecule has 0 heterocycles. The van der Waals surface area contributed by atoms with Gasteiger partial charge in [-0.1, -0.05) is 12.7 Å². The fourth-order valence-electron chi connectivity index (χ4n) is 0.922. The number of allylic oxidation sites excluding steroid dienone is 4. The molecule has 3 heteroatoms. The first-order valence-electron chi connectivity index (χ1n) is 4.44. The molecule has 0 saturated carbocycles. The number of halogens is 1.